The van der Waals surface area contributed by atoms with Crippen molar-refractivity contribution in [2.45, 2.75) is 0 Å². The first kappa shape index (κ1) is 28.1. The molecule has 2 nitrogen and oxygen atoms in total. The Bertz CT molecular complexity index is 2940. The summed E-state index contributed by atoms with van der Waals surface area (Å²) in [4.78, 5) is 5.20. The minimum absolute atomic E-state index is 0.934. The fraction of sp³-hybridized carbons (Fsp3) is 0. The Labute approximate surface area is 295 Å². The predicted octanol–water partition coefficient (Wildman–Crippen LogP) is 13.1. The van der Waals surface area contributed by atoms with Crippen molar-refractivity contribution in [1.29, 1.82) is 0 Å². The number of benzene rings is 9. The van der Waals surface area contributed by atoms with Gasteiger partial charge in [-0.1, -0.05) is 152 Å². The molecule has 0 unspecified atom stereocenters. The summed E-state index contributed by atoms with van der Waals surface area (Å²) in [5.74, 6) is 0.934. The number of hydrogen-bond donors (Lipinski definition) is 0. The van der Waals surface area contributed by atoms with E-state index in [1.165, 1.54) is 76.8 Å². The largest absolute Gasteiger partial charge is 0.292 e. The van der Waals surface area contributed by atoms with Gasteiger partial charge in [0.05, 0.1) is 11.0 Å². The molecule has 10 aromatic rings. The number of imidazole rings is 1. The van der Waals surface area contributed by atoms with Gasteiger partial charge < -0.3 is 0 Å². The van der Waals surface area contributed by atoms with Crippen LogP contribution in [0.3, 0.4) is 0 Å². The van der Waals surface area contributed by atoms with Crippen molar-refractivity contribution in [2.75, 3.05) is 0 Å². The quantitative estimate of drug-likeness (QED) is 0.174. The molecule has 9 aromatic carbocycles. The molecule has 1 aromatic heterocycles. The molecule has 51 heavy (non-hydrogen) atoms. The maximum Gasteiger partial charge on any atom is 0.145 e. The molecule has 1 aliphatic carbocycles. The van der Waals surface area contributed by atoms with E-state index in [0.29, 0.717) is 0 Å². The van der Waals surface area contributed by atoms with Gasteiger partial charge in [-0.3, -0.25) is 4.57 Å². The summed E-state index contributed by atoms with van der Waals surface area (Å²) in [7, 11) is 0. The molecular formula is C49H30N2. The Morgan fingerprint density at radius 2 is 0.882 bits per heavy atom. The lowest BCUT2D eigenvalue weighted by Gasteiger charge is -2.19. The van der Waals surface area contributed by atoms with Gasteiger partial charge in [-0.15, -0.1) is 0 Å². The lowest BCUT2D eigenvalue weighted by molar-refractivity contribution is 1.10. The molecule has 1 aliphatic rings. The molecular weight excluding hydrogens is 617 g/mol. The van der Waals surface area contributed by atoms with Crippen LogP contribution in [0.5, 0.6) is 0 Å². The van der Waals surface area contributed by atoms with Gasteiger partial charge >= 0.3 is 0 Å². The van der Waals surface area contributed by atoms with Crippen molar-refractivity contribution in [3.8, 4) is 61.6 Å². The van der Waals surface area contributed by atoms with Crippen LogP contribution in [0.25, 0.3) is 105 Å². The summed E-state index contributed by atoms with van der Waals surface area (Å²) in [5.41, 5.74) is 14.5. The van der Waals surface area contributed by atoms with Crippen LogP contribution in [-0.2, 0) is 0 Å². The average molecular weight is 647 g/mol. The highest BCUT2D eigenvalue weighted by atomic mass is 15.1. The van der Waals surface area contributed by atoms with E-state index in [1.807, 2.05) is 0 Å². The van der Waals surface area contributed by atoms with E-state index >= 15 is 0 Å². The SMILES string of the molecule is c1ccc(-n2c(-c3cccc(-c4c5ccccc5c(-c5ccc6c7c(cccc57)-c5ccccc5-6)c5ccccc45)c3)nc3ccccc32)cc1. The highest BCUT2D eigenvalue weighted by Crippen LogP contribution is 2.51. The third-order valence-electron chi connectivity index (χ3n) is 10.7. The highest BCUT2D eigenvalue weighted by molar-refractivity contribution is 6.26. The Morgan fingerprint density at radius 3 is 1.63 bits per heavy atom. The Hall–Kier alpha value is -6.77. The average Bonchev–Trinajstić information content (AvgIpc) is 3.75. The number of rotatable bonds is 4. The van der Waals surface area contributed by atoms with Crippen LogP contribution in [-0.4, -0.2) is 9.55 Å². The van der Waals surface area contributed by atoms with Gasteiger partial charge in [0.1, 0.15) is 5.82 Å². The van der Waals surface area contributed by atoms with E-state index in [4.69, 9.17) is 4.98 Å². The maximum absolute atomic E-state index is 5.20. The zero-order valence-electron chi connectivity index (χ0n) is 27.7. The van der Waals surface area contributed by atoms with E-state index < -0.39 is 0 Å². The van der Waals surface area contributed by atoms with Crippen molar-refractivity contribution in [3.63, 3.8) is 0 Å². The monoisotopic (exact) mass is 646 g/mol. The highest BCUT2D eigenvalue weighted by Gasteiger charge is 2.24. The predicted molar refractivity (Wildman–Crippen MR) is 214 cm³/mol. The Balaban J connectivity index is 1.17. The molecule has 0 radical (unpaired) electrons. The Kier molecular flexibility index (Phi) is 5.99. The molecule has 1 heterocycles. The van der Waals surface area contributed by atoms with Crippen molar-refractivity contribution < 1.29 is 0 Å². The van der Waals surface area contributed by atoms with Gasteiger partial charge in [-0.2, -0.15) is 0 Å². The normalized spacial score (nSPS) is 11.9. The zero-order valence-corrected chi connectivity index (χ0v) is 27.7. The van der Waals surface area contributed by atoms with Gasteiger partial charge in [0.25, 0.3) is 0 Å². The smallest absolute Gasteiger partial charge is 0.145 e. The van der Waals surface area contributed by atoms with Crippen molar-refractivity contribution in [3.05, 3.63) is 182 Å². The van der Waals surface area contributed by atoms with E-state index in [0.717, 1.165) is 28.1 Å². The van der Waals surface area contributed by atoms with Crippen LogP contribution in [0.1, 0.15) is 0 Å². The lowest BCUT2D eigenvalue weighted by atomic mass is 9.84. The summed E-state index contributed by atoms with van der Waals surface area (Å²) in [5, 5.41) is 7.64. The standard InChI is InChI=1S/C49H30N2/c1-2-16-33(17-3-1)51-45-27-11-10-26-44(45)50-49(51)32-15-12-14-31(30-32)46-37-20-6-8-22-39(37)48(40-23-9-7-21-38(40)46)43-29-28-42-35-19-5-4-18-34(35)36-24-13-25-41(43)47(36)42/h1-30H. The third-order valence-corrected chi connectivity index (χ3v) is 10.7. The summed E-state index contributed by atoms with van der Waals surface area (Å²) in [6, 6.07) is 66.1. The number of para-hydroxylation sites is 3. The summed E-state index contributed by atoms with van der Waals surface area (Å²) in [6.45, 7) is 0. The molecule has 0 saturated carbocycles. The maximum atomic E-state index is 5.20. The van der Waals surface area contributed by atoms with Crippen LogP contribution in [0.2, 0.25) is 0 Å². The molecule has 236 valence electrons. The van der Waals surface area contributed by atoms with Crippen LogP contribution < -0.4 is 0 Å². The topological polar surface area (TPSA) is 17.8 Å². The van der Waals surface area contributed by atoms with Crippen LogP contribution >= 0.6 is 0 Å². The summed E-state index contributed by atoms with van der Waals surface area (Å²) >= 11 is 0. The fourth-order valence-electron chi connectivity index (χ4n) is 8.63. The van der Waals surface area contributed by atoms with E-state index in [2.05, 4.69) is 187 Å². The number of fused-ring (bicyclic) bond motifs is 6. The molecule has 0 bridgehead atoms. The van der Waals surface area contributed by atoms with E-state index in [-0.39, 0.29) is 0 Å². The van der Waals surface area contributed by atoms with Gasteiger partial charge in [-0.05, 0) is 107 Å². The molecule has 2 heteroatoms. The molecule has 0 saturated heterocycles. The van der Waals surface area contributed by atoms with Crippen LogP contribution in [0.4, 0.5) is 0 Å². The van der Waals surface area contributed by atoms with Gasteiger partial charge in [0.15, 0.2) is 0 Å². The number of aromatic nitrogens is 2. The second-order valence-corrected chi connectivity index (χ2v) is 13.5. The minimum Gasteiger partial charge on any atom is -0.292 e. The van der Waals surface area contributed by atoms with Gasteiger partial charge in [-0.25, -0.2) is 4.98 Å². The second kappa shape index (κ2) is 10.9. The van der Waals surface area contributed by atoms with Crippen LogP contribution in [0, 0.1) is 0 Å². The van der Waals surface area contributed by atoms with E-state index in [1.54, 1.807) is 0 Å². The second-order valence-electron chi connectivity index (χ2n) is 13.5. The molecule has 0 fully saturated rings. The molecule has 0 amide bonds. The number of nitrogens with zero attached hydrogens (tertiary/aromatic N) is 2. The van der Waals surface area contributed by atoms with Crippen molar-refractivity contribution in [1.82, 2.24) is 9.55 Å². The van der Waals surface area contributed by atoms with Gasteiger partial charge in [0, 0.05) is 11.3 Å². The first-order chi connectivity index (χ1) is 25.3. The molecule has 0 spiro atoms. The fourth-order valence-corrected chi connectivity index (χ4v) is 8.63. The zero-order chi connectivity index (χ0) is 33.5. The summed E-state index contributed by atoms with van der Waals surface area (Å²) in [6.07, 6.45) is 0. The van der Waals surface area contributed by atoms with E-state index in [9.17, 15) is 0 Å². The van der Waals surface area contributed by atoms with Crippen molar-refractivity contribution >= 4 is 43.4 Å². The number of hydrogen-bond acceptors (Lipinski definition) is 1. The minimum atomic E-state index is 0.934. The molecule has 11 rings (SSSR count). The molecule has 0 atom stereocenters. The first-order valence-corrected chi connectivity index (χ1v) is 17.6. The third kappa shape index (κ3) is 4.08. The first-order valence-electron chi connectivity index (χ1n) is 17.6. The molecule has 0 N–H and O–H groups in total. The molecule has 0 aliphatic heterocycles. The lowest BCUT2D eigenvalue weighted by Crippen LogP contribution is -1.97. The van der Waals surface area contributed by atoms with Crippen molar-refractivity contribution in [2.24, 2.45) is 0 Å². The Morgan fingerprint density at radius 1 is 0.353 bits per heavy atom. The summed E-state index contributed by atoms with van der Waals surface area (Å²) < 4.78 is 2.28. The van der Waals surface area contributed by atoms with Crippen LogP contribution in [0.15, 0.2) is 182 Å². The van der Waals surface area contributed by atoms with Gasteiger partial charge in [0.2, 0.25) is 0 Å².